The second-order valence-corrected chi connectivity index (χ2v) is 2.83. The standard InChI is InChI=1S/C6H16N2S/c1-7-3-4-8-5-6-9-2/h7-8H,3-6H2,1-2H3. The fraction of sp³-hybridized carbons (Fsp3) is 1.00. The van der Waals surface area contributed by atoms with Crippen molar-refractivity contribution in [3.63, 3.8) is 0 Å². The van der Waals surface area contributed by atoms with Crippen LogP contribution in [0.4, 0.5) is 0 Å². The molecule has 0 aliphatic heterocycles. The first-order chi connectivity index (χ1) is 4.41. The van der Waals surface area contributed by atoms with Gasteiger partial charge in [0, 0.05) is 25.4 Å². The summed E-state index contributed by atoms with van der Waals surface area (Å²) in [7, 11) is 1.97. The van der Waals surface area contributed by atoms with E-state index in [1.165, 1.54) is 5.75 Å². The van der Waals surface area contributed by atoms with Crippen LogP contribution in [0, 0.1) is 0 Å². The lowest BCUT2D eigenvalue weighted by molar-refractivity contribution is 0.675. The summed E-state index contributed by atoms with van der Waals surface area (Å²) >= 11 is 1.88. The smallest absolute Gasteiger partial charge is 0.00769 e. The van der Waals surface area contributed by atoms with Crippen LogP contribution in [0.3, 0.4) is 0 Å². The second-order valence-electron chi connectivity index (χ2n) is 1.85. The van der Waals surface area contributed by atoms with Gasteiger partial charge in [-0.3, -0.25) is 0 Å². The van der Waals surface area contributed by atoms with Crippen molar-refractivity contribution in [2.75, 3.05) is 38.7 Å². The molecule has 0 bridgehead atoms. The average molecular weight is 148 g/mol. The van der Waals surface area contributed by atoms with Crippen molar-refractivity contribution in [2.45, 2.75) is 0 Å². The number of hydrogen-bond donors (Lipinski definition) is 2. The zero-order valence-corrected chi connectivity index (χ0v) is 7.05. The van der Waals surface area contributed by atoms with Gasteiger partial charge >= 0.3 is 0 Å². The average Bonchev–Trinajstić information content (AvgIpc) is 1.89. The fourth-order valence-electron chi connectivity index (χ4n) is 0.513. The number of rotatable bonds is 6. The zero-order valence-electron chi connectivity index (χ0n) is 6.24. The Kier molecular flexibility index (Phi) is 8.52. The molecule has 2 N–H and O–H groups in total. The van der Waals surface area contributed by atoms with Gasteiger partial charge in [0.25, 0.3) is 0 Å². The molecule has 0 aliphatic carbocycles. The second kappa shape index (κ2) is 8.27. The van der Waals surface area contributed by atoms with Crippen LogP contribution in [0.25, 0.3) is 0 Å². The molecule has 0 aromatic heterocycles. The van der Waals surface area contributed by atoms with E-state index >= 15 is 0 Å². The summed E-state index contributed by atoms with van der Waals surface area (Å²) in [4.78, 5) is 0. The molecule has 0 aliphatic rings. The summed E-state index contributed by atoms with van der Waals surface area (Å²) in [6, 6.07) is 0. The van der Waals surface area contributed by atoms with Crippen LogP contribution in [-0.2, 0) is 0 Å². The number of hydrogen-bond acceptors (Lipinski definition) is 3. The summed E-state index contributed by atoms with van der Waals surface area (Å²) in [6.45, 7) is 3.27. The summed E-state index contributed by atoms with van der Waals surface area (Å²) in [5.74, 6) is 1.21. The third kappa shape index (κ3) is 8.27. The van der Waals surface area contributed by atoms with Gasteiger partial charge in [0.1, 0.15) is 0 Å². The van der Waals surface area contributed by atoms with Crippen LogP contribution in [0.1, 0.15) is 0 Å². The fourth-order valence-corrected chi connectivity index (χ4v) is 0.861. The summed E-state index contributed by atoms with van der Waals surface area (Å²) in [6.07, 6.45) is 2.12. The van der Waals surface area contributed by atoms with Crippen molar-refractivity contribution in [1.29, 1.82) is 0 Å². The Hall–Kier alpha value is 0.270. The molecule has 0 spiro atoms. The minimum Gasteiger partial charge on any atom is -0.318 e. The summed E-state index contributed by atoms with van der Waals surface area (Å²) in [5.41, 5.74) is 0. The van der Waals surface area contributed by atoms with E-state index in [2.05, 4.69) is 16.9 Å². The van der Waals surface area contributed by atoms with Gasteiger partial charge in [-0.05, 0) is 13.3 Å². The molecule has 0 atom stereocenters. The highest BCUT2D eigenvalue weighted by Crippen LogP contribution is 1.85. The van der Waals surface area contributed by atoms with Crippen molar-refractivity contribution < 1.29 is 0 Å². The van der Waals surface area contributed by atoms with Crippen molar-refractivity contribution in [3.05, 3.63) is 0 Å². The lowest BCUT2D eigenvalue weighted by Gasteiger charge is -2.00. The van der Waals surface area contributed by atoms with Gasteiger partial charge < -0.3 is 10.6 Å². The maximum absolute atomic E-state index is 3.30. The Bertz CT molecular complexity index is 44.3. The Morgan fingerprint density at radius 2 is 2.00 bits per heavy atom. The Morgan fingerprint density at radius 3 is 2.56 bits per heavy atom. The van der Waals surface area contributed by atoms with Crippen LogP contribution in [0.2, 0.25) is 0 Å². The number of thioether (sulfide) groups is 1. The minimum atomic E-state index is 1.06. The number of nitrogens with one attached hydrogen (secondary N) is 2. The van der Waals surface area contributed by atoms with E-state index in [4.69, 9.17) is 0 Å². The third-order valence-corrected chi connectivity index (χ3v) is 1.65. The predicted octanol–water partition coefficient (Wildman–Crippen LogP) is 0.158. The van der Waals surface area contributed by atoms with Gasteiger partial charge in [0.05, 0.1) is 0 Å². The van der Waals surface area contributed by atoms with Crippen molar-refractivity contribution in [3.8, 4) is 0 Å². The van der Waals surface area contributed by atoms with E-state index in [0.717, 1.165) is 19.6 Å². The molecular formula is C6H16N2S. The first-order valence-electron chi connectivity index (χ1n) is 3.26. The van der Waals surface area contributed by atoms with Gasteiger partial charge in [-0.25, -0.2) is 0 Å². The molecule has 9 heavy (non-hydrogen) atoms. The molecule has 0 saturated heterocycles. The molecule has 0 rings (SSSR count). The summed E-state index contributed by atoms with van der Waals surface area (Å²) in [5, 5.41) is 6.38. The molecule has 0 aromatic rings. The summed E-state index contributed by atoms with van der Waals surface area (Å²) < 4.78 is 0. The van der Waals surface area contributed by atoms with Crippen LogP contribution in [0.15, 0.2) is 0 Å². The maximum Gasteiger partial charge on any atom is 0.00769 e. The van der Waals surface area contributed by atoms with Gasteiger partial charge in [-0.15, -0.1) is 0 Å². The van der Waals surface area contributed by atoms with Gasteiger partial charge in [-0.1, -0.05) is 0 Å². The highest BCUT2D eigenvalue weighted by molar-refractivity contribution is 7.98. The number of likely N-dealkylation sites (N-methyl/N-ethyl adjacent to an activating group) is 1. The SMILES string of the molecule is CNCCNCCSC. The van der Waals surface area contributed by atoms with Gasteiger partial charge in [0.2, 0.25) is 0 Å². The molecule has 0 unspecified atom stereocenters. The first-order valence-corrected chi connectivity index (χ1v) is 4.65. The van der Waals surface area contributed by atoms with Gasteiger partial charge in [0.15, 0.2) is 0 Å². The van der Waals surface area contributed by atoms with E-state index in [9.17, 15) is 0 Å². The minimum absolute atomic E-state index is 1.06. The zero-order chi connectivity index (χ0) is 6.95. The Balaban J connectivity index is 2.60. The van der Waals surface area contributed by atoms with Crippen LogP contribution >= 0.6 is 11.8 Å². The molecule has 0 saturated carbocycles. The topological polar surface area (TPSA) is 24.1 Å². The maximum atomic E-state index is 3.30. The highest BCUT2D eigenvalue weighted by Gasteiger charge is 1.82. The van der Waals surface area contributed by atoms with Crippen molar-refractivity contribution >= 4 is 11.8 Å². The highest BCUT2D eigenvalue weighted by atomic mass is 32.2. The van der Waals surface area contributed by atoms with Crippen LogP contribution < -0.4 is 10.6 Å². The van der Waals surface area contributed by atoms with Crippen LogP contribution in [0.5, 0.6) is 0 Å². The van der Waals surface area contributed by atoms with Gasteiger partial charge in [-0.2, -0.15) is 11.8 Å². The Morgan fingerprint density at radius 1 is 1.22 bits per heavy atom. The molecule has 56 valence electrons. The Labute approximate surface area is 61.8 Å². The molecule has 0 fully saturated rings. The van der Waals surface area contributed by atoms with E-state index in [1.54, 1.807) is 0 Å². The van der Waals surface area contributed by atoms with Crippen molar-refractivity contribution in [2.24, 2.45) is 0 Å². The molecule has 0 aromatic carbocycles. The van der Waals surface area contributed by atoms with E-state index < -0.39 is 0 Å². The monoisotopic (exact) mass is 148 g/mol. The molecule has 0 amide bonds. The van der Waals surface area contributed by atoms with E-state index in [-0.39, 0.29) is 0 Å². The third-order valence-electron chi connectivity index (χ3n) is 1.03. The molecule has 2 nitrogen and oxygen atoms in total. The van der Waals surface area contributed by atoms with Crippen molar-refractivity contribution in [1.82, 2.24) is 10.6 Å². The lowest BCUT2D eigenvalue weighted by Crippen LogP contribution is -2.26. The molecule has 3 heteroatoms. The van der Waals surface area contributed by atoms with E-state index in [0.29, 0.717) is 0 Å². The lowest BCUT2D eigenvalue weighted by atomic mass is 10.6. The molecule has 0 radical (unpaired) electrons. The van der Waals surface area contributed by atoms with Crippen LogP contribution in [-0.4, -0.2) is 38.7 Å². The predicted molar refractivity (Wildman–Crippen MR) is 45.2 cm³/mol. The largest absolute Gasteiger partial charge is 0.318 e. The molecular weight excluding hydrogens is 132 g/mol. The quantitative estimate of drug-likeness (QED) is 0.525. The van der Waals surface area contributed by atoms with E-state index in [1.807, 2.05) is 18.8 Å². The first kappa shape index (κ1) is 9.27. The normalized spacial score (nSPS) is 10.0. The molecule has 0 heterocycles.